The van der Waals surface area contributed by atoms with Gasteiger partial charge >= 0.3 is 5.69 Å². The number of nitrogens with zero attached hydrogens (tertiary/aromatic N) is 3. The zero-order chi connectivity index (χ0) is 33.3. The highest BCUT2D eigenvalue weighted by Gasteiger charge is 2.42. The number of nitrogens with one attached hydrogen (secondary N) is 1. The molecule has 48 heavy (non-hydrogen) atoms. The minimum Gasteiger partial charge on any atom is -0.497 e. The normalized spacial score (nSPS) is 17.9. The third-order valence-electron chi connectivity index (χ3n) is 8.68. The Morgan fingerprint density at radius 2 is 1.48 bits per heavy atom. The van der Waals surface area contributed by atoms with Crippen molar-refractivity contribution < 1.29 is 28.7 Å². The maximum absolute atomic E-state index is 13.0. The molecule has 7 rings (SSSR count). The van der Waals surface area contributed by atoms with E-state index in [4.69, 9.17) is 23.6 Å². The molecule has 0 aliphatic carbocycles. The molecule has 2 N–H and O–H groups in total. The lowest BCUT2D eigenvalue weighted by molar-refractivity contribution is -0.0944. The number of fused-ring (bicyclic) bond motifs is 1. The fourth-order valence-electron chi connectivity index (χ4n) is 6.17. The molecule has 0 amide bonds. The molecule has 1 aliphatic rings. The third kappa shape index (κ3) is 5.66. The van der Waals surface area contributed by atoms with E-state index in [9.17, 15) is 14.7 Å². The van der Waals surface area contributed by atoms with Gasteiger partial charge in [-0.3, -0.25) is 14.3 Å². The summed E-state index contributed by atoms with van der Waals surface area (Å²) in [4.78, 5) is 28.3. The van der Waals surface area contributed by atoms with E-state index in [1.54, 1.807) is 32.4 Å². The van der Waals surface area contributed by atoms with Crippen molar-refractivity contribution in [2.45, 2.75) is 30.5 Å². The quantitative estimate of drug-likeness (QED) is 0.204. The predicted octanol–water partition coefficient (Wildman–Crippen LogP) is 4.41. The fraction of sp³-hybridized carbons (Fsp3) is 0.222. The van der Waals surface area contributed by atoms with Gasteiger partial charge in [-0.1, -0.05) is 60.7 Å². The van der Waals surface area contributed by atoms with Crippen LogP contribution in [-0.2, 0) is 15.1 Å². The summed E-state index contributed by atoms with van der Waals surface area (Å²) >= 11 is 0. The average Bonchev–Trinajstić information content (AvgIpc) is 3.75. The van der Waals surface area contributed by atoms with Crippen molar-refractivity contribution in [3.05, 3.63) is 141 Å². The van der Waals surface area contributed by atoms with E-state index in [1.165, 1.54) is 10.8 Å². The molecule has 244 valence electrons. The summed E-state index contributed by atoms with van der Waals surface area (Å²) in [5.41, 5.74) is 1.86. The van der Waals surface area contributed by atoms with Gasteiger partial charge in [-0.15, -0.1) is 0 Å². The highest BCUT2D eigenvalue weighted by Crippen LogP contribution is 2.42. The van der Waals surface area contributed by atoms with Crippen LogP contribution in [0.3, 0.4) is 0 Å². The Morgan fingerprint density at radius 3 is 2.12 bits per heavy atom. The summed E-state index contributed by atoms with van der Waals surface area (Å²) < 4.78 is 30.1. The van der Waals surface area contributed by atoms with Crippen LogP contribution in [0.4, 0.5) is 0 Å². The number of benzene rings is 4. The van der Waals surface area contributed by atoms with Crippen molar-refractivity contribution in [3.8, 4) is 22.6 Å². The maximum Gasteiger partial charge on any atom is 0.330 e. The van der Waals surface area contributed by atoms with E-state index in [2.05, 4.69) is 15.3 Å². The summed E-state index contributed by atoms with van der Waals surface area (Å²) in [7, 11) is 3.22. The van der Waals surface area contributed by atoms with Gasteiger partial charge in [0.25, 0.3) is 5.56 Å². The standard InChI is InChI=1S/C36H32N4O8/c1-44-26-13-9-24(10-14-26)36(23-6-4-3-5-7-23,25-11-15-27(45-2)16-12-25)46-21-32-31(41)19-33(47-32)40-20-28(34(42)37-35(40)43)22-8-17-29-30(18-22)39-48-38-29/h3-18,20,31-33,41H,19,21H2,1-2H3,(H,37,42,43)/t31-,32+,33+/m0/s1. The second kappa shape index (κ2) is 12.9. The second-order valence-electron chi connectivity index (χ2n) is 11.4. The summed E-state index contributed by atoms with van der Waals surface area (Å²) in [6.45, 7) is -0.0363. The summed E-state index contributed by atoms with van der Waals surface area (Å²) in [6, 6.07) is 30.0. The van der Waals surface area contributed by atoms with Crippen LogP contribution in [0.2, 0.25) is 0 Å². The predicted molar refractivity (Wildman–Crippen MR) is 175 cm³/mol. The second-order valence-corrected chi connectivity index (χ2v) is 11.4. The van der Waals surface area contributed by atoms with E-state index in [0.717, 1.165) is 16.7 Å². The minimum absolute atomic E-state index is 0.0363. The summed E-state index contributed by atoms with van der Waals surface area (Å²) in [6.07, 6.45) is -1.14. The highest BCUT2D eigenvalue weighted by atomic mass is 16.6. The monoisotopic (exact) mass is 648 g/mol. The Kier molecular flexibility index (Phi) is 8.36. The average molecular weight is 649 g/mol. The van der Waals surface area contributed by atoms with Crippen LogP contribution in [0.25, 0.3) is 22.2 Å². The van der Waals surface area contributed by atoms with Crippen LogP contribution >= 0.6 is 0 Å². The van der Waals surface area contributed by atoms with Crippen LogP contribution < -0.4 is 20.7 Å². The van der Waals surface area contributed by atoms with Crippen LogP contribution in [0.15, 0.2) is 117 Å². The fourth-order valence-corrected chi connectivity index (χ4v) is 6.17. The number of hydrogen-bond donors (Lipinski definition) is 2. The van der Waals surface area contributed by atoms with E-state index in [-0.39, 0.29) is 18.6 Å². The first kappa shape index (κ1) is 31.1. The lowest BCUT2D eigenvalue weighted by Gasteiger charge is -2.37. The molecule has 12 heteroatoms. The smallest absolute Gasteiger partial charge is 0.330 e. The molecule has 1 saturated heterocycles. The van der Waals surface area contributed by atoms with Crippen molar-refractivity contribution in [3.63, 3.8) is 0 Å². The van der Waals surface area contributed by atoms with Crippen molar-refractivity contribution in [1.82, 2.24) is 19.9 Å². The lowest BCUT2D eigenvalue weighted by atomic mass is 9.80. The molecule has 0 radical (unpaired) electrons. The molecule has 1 fully saturated rings. The largest absolute Gasteiger partial charge is 0.497 e. The van der Waals surface area contributed by atoms with Crippen LogP contribution in [-0.4, -0.2) is 58.0 Å². The highest BCUT2D eigenvalue weighted by molar-refractivity contribution is 5.80. The van der Waals surface area contributed by atoms with Gasteiger partial charge in [-0.2, -0.15) is 0 Å². The van der Waals surface area contributed by atoms with E-state index >= 15 is 0 Å². The van der Waals surface area contributed by atoms with E-state index < -0.39 is 35.3 Å². The van der Waals surface area contributed by atoms with Crippen molar-refractivity contribution in [2.75, 3.05) is 20.8 Å². The van der Waals surface area contributed by atoms with Gasteiger partial charge in [0.15, 0.2) is 0 Å². The van der Waals surface area contributed by atoms with Crippen molar-refractivity contribution in [2.24, 2.45) is 0 Å². The van der Waals surface area contributed by atoms with Gasteiger partial charge in [0.2, 0.25) is 0 Å². The topological polar surface area (TPSA) is 151 Å². The first-order valence-electron chi connectivity index (χ1n) is 15.3. The molecule has 12 nitrogen and oxygen atoms in total. The Labute approximate surface area is 274 Å². The Balaban J connectivity index is 1.22. The first-order chi connectivity index (χ1) is 23.4. The number of aliphatic hydroxyl groups excluding tert-OH is 1. The molecule has 0 spiro atoms. The van der Waals surface area contributed by atoms with Crippen molar-refractivity contribution >= 4 is 11.0 Å². The number of rotatable bonds is 10. The number of methoxy groups -OCH3 is 2. The summed E-state index contributed by atoms with van der Waals surface area (Å²) in [5.74, 6) is 1.38. The van der Waals surface area contributed by atoms with E-state index in [1.807, 2.05) is 78.9 Å². The number of aliphatic hydroxyl groups is 1. The molecule has 2 aromatic heterocycles. The van der Waals surface area contributed by atoms with E-state index in [0.29, 0.717) is 28.1 Å². The number of aromatic amines is 1. The number of aromatic nitrogens is 4. The van der Waals surface area contributed by atoms with Crippen molar-refractivity contribution in [1.29, 1.82) is 0 Å². The Bertz CT molecular complexity index is 2090. The maximum atomic E-state index is 13.0. The molecular weight excluding hydrogens is 616 g/mol. The molecular formula is C36H32N4O8. The van der Waals surface area contributed by atoms with Gasteiger partial charge in [0, 0.05) is 12.6 Å². The molecule has 0 unspecified atom stereocenters. The number of hydrogen-bond acceptors (Lipinski definition) is 10. The molecule has 0 saturated carbocycles. The zero-order valence-corrected chi connectivity index (χ0v) is 26.1. The minimum atomic E-state index is -1.13. The first-order valence-corrected chi connectivity index (χ1v) is 15.3. The molecule has 3 atom stereocenters. The Morgan fingerprint density at radius 1 is 0.854 bits per heavy atom. The molecule has 0 bridgehead atoms. The zero-order valence-electron chi connectivity index (χ0n) is 26.1. The van der Waals surface area contributed by atoms with Gasteiger partial charge in [0.1, 0.15) is 40.5 Å². The molecule has 4 aromatic carbocycles. The summed E-state index contributed by atoms with van der Waals surface area (Å²) in [5, 5.41) is 18.9. The number of ether oxygens (including phenoxy) is 4. The Hall–Kier alpha value is -5.56. The molecule has 6 aromatic rings. The molecule has 1 aliphatic heterocycles. The third-order valence-corrected chi connectivity index (χ3v) is 8.68. The van der Waals surface area contributed by atoms with Gasteiger partial charge < -0.3 is 24.1 Å². The lowest BCUT2D eigenvalue weighted by Crippen LogP contribution is -2.38. The van der Waals surface area contributed by atoms with Gasteiger partial charge in [-0.05, 0) is 69.0 Å². The van der Waals surface area contributed by atoms with Crippen LogP contribution in [0.1, 0.15) is 29.3 Å². The molecule has 3 heterocycles. The van der Waals surface area contributed by atoms with Gasteiger partial charge in [-0.25, -0.2) is 9.42 Å². The van der Waals surface area contributed by atoms with Crippen LogP contribution in [0.5, 0.6) is 11.5 Å². The number of H-pyrrole nitrogens is 1. The van der Waals surface area contributed by atoms with Gasteiger partial charge in [0.05, 0.1) is 32.5 Å². The van der Waals surface area contributed by atoms with Crippen LogP contribution in [0, 0.1) is 0 Å². The SMILES string of the molecule is COc1ccc(C(OC[C@H]2O[C@@H](n3cc(-c4ccc5nonc5c4)c(=O)[nH]c3=O)C[C@@H]2O)(c2ccccc2)c2ccc(OC)cc2)cc1.